The Hall–Kier alpha value is -3.14. The summed E-state index contributed by atoms with van der Waals surface area (Å²) < 4.78 is 0. The van der Waals surface area contributed by atoms with Crippen LogP contribution in [0.5, 0.6) is 0 Å². The van der Waals surface area contributed by atoms with Gasteiger partial charge in [0.15, 0.2) is 0 Å². The minimum absolute atomic E-state index is 0.0258. The molecule has 1 aromatic carbocycles. The van der Waals surface area contributed by atoms with E-state index in [1.54, 1.807) is 24.3 Å². The highest BCUT2D eigenvalue weighted by Gasteiger charge is 2.62. The minimum atomic E-state index is -1.29. The molecule has 2 aliphatic rings. The first-order valence-corrected chi connectivity index (χ1v) is 7.85. The normalized spacial score (nSPS) is 24.8. The molecule has 1 aromatic rings. The van der Waals surface area contributed by atoms with Gasteiger partial charge in [0, 0.05) is 31.7 Å². The number of likely N-dealkylation sites (tertiary alicyclic amines) is 2. The molecule has 7 heteroatoms. The number of hydrogen-bond acceptors (Lipinski definition) is 4. The van der Waals surface area contributed by atoms with Gasteiger partial charge >= 0.3 is 5.97 Å². The third-order valence-electron chi connectivity index (χ3n) is 4.93. The van der Waals surface area contributed by atoms with Crippen molar-refractivity contribution in [3.63, 3.8) is 0 Å². The Bertz CT molecular complexity index is 813. The largest absolute Gasteiger partial charge is 0.481 e. The van der Waals surface area contributed by atoms with Crippen LogP contribution in [0.3, 0.4) is 0 Å². The lowest BCUT2D eigenvalue weighted by Gasteiger charge is -2.24. The van der Waals surface area contributed by atoms with Crippen LogP contribution in [-0.2, 0) is 9.59 Å². The number of aliphatic carboxylic acids is 1. The quantitative estimate of drug-likeness (QED) is 0.815. The van der Waals surface area contributed by atoms with Crippen LogP contribution in [0, 0.1) is 22.7 Å². The van der Waals surface area contributed by atoms with Gasteiger partial charge in [0.25, 0.3) is 5.91 Å². The summed E-state index contributed by atoms with van der Waals surface area (Å²) in [6.45, 7) is 3.99. The van der Waals surface area contributed by atoms with E-state index >= 15 is 0 Å². The zero-order valence-corrected chi connectivity index (χ0v) is 13.5. The third kappa shape index (κ3) is 2.56. The number of rotatable bonds is 4. The van der Waals surface area contributed by atoms with E-state index in [-0.39, 0.29) is 31.4 Å². The first-order chi connectivity index (χ1) is 11.9. The van der Waals surface area contributed by atoms with Crippen LogP contribution in [0.15, 0.2) is 36.9 Å². The van der Waals surface area contributed by atoms with E-state index < -0.39 is 17.3 Å². The Morgan fingerprint density at radius 3 is 2.80 bits per heavy atom. The molecule has 25 heavy (non-hydrogen) atoms. The lowest BCUT2D eigenvalue weighted by atomic mass is 9.81. The van der Waals surface area contributed by atoms with E-state index in [1.165, 1.54) is 15.9 Å². The lowest BCUT2D eigenvalue weighted by molar-refractivity contribution is -0.149. The molecule has 0 aliphatic carbocycles. The second-order valence-corrected chi connectivity index (χ2v) is 6.40. The Labute approximate surface area is 144 Å². The second-order valence-electron chi connectivity index (χ2n) is 6.40. The first-order valence-electron chi connectivity index (χ1n) is 7.85. The molecule has 0 aromatic heterocycles. The van der Waals surface area contributed by atoms with Crippen LogP contribution in [0.25, 0.3) is 0 Å². The highest BCUT2D eigenvalue weighted by Crippen LogP contribution is 2.44. The summed E-state index contributed by atoms with van der Waals surface area (Å²) in [6.07, 6.45) is 1.56. The molecular weight excluding hydrogens is 322 g/mol. The molecule has 2 heterocycles. The van der Waals surface area contributed by atoms with Crippen LogP contribution in [0.4, 0.5) is 0 Å². The molecule has 3 rings (SSSR count). The van der Waals surface area contributed by atoms with Gasteiger partial charge in [0.05, 0.1) is 17.6 Å². The molecule has 1 N–H and O–H groups in total. The maximum Gasteiger partial charge on any atom is 0.314 e. The standard InChI is InChI=1S/C18H17N3O4/c1-2-6-20-10-18(17(24)25)11-21(9-14(18)16(20)23)15(22)13-5-3-4-12(7-13)8-19/h2-5,7,14H,1,6,9-11H2,(H,24,25)/t14-,18+/m1/s1. The van der Waals surface area contributed by atoms with Crippen molar-refractivity contribution in [1.29, 1.82) is 5.26 Å². The number of carboxylic acids is 1. The van der Waals surface area contributed by atoms with Gasteiger partial charge in [-0.1, -0.05) is 12.1 Å². The van der Waals surface area contributed by atoms with Gasteiger partial charge in [-0.2, -0.15) is 5.26 Å². The minimum Gasteiger partial charge on any atom is -0.481 e. The highest BCUT2D eigenvalue weighted by molar-refractivity contribution is 5.98. The van der Waals surface area contributed by atoms with E-state index in [0.29, 0.717) is 17.7 Å². The van der Waals surface area contributed by atoms with E-state index in [0.717, 1.165) is 0 Å². The SMILES string of the molecule is C=CCN1C[C@]2(C(=O)O)CN(C(=O)c3cccc(C#N)c3)C[C@@H]2C1=O. The maximum atomic E-state index is 12.7. The fourth-order valence-electron chi connectivity index (χ4n) is 3.68. The summed E-state index contributed by atoms with van der Waals surface area (Å²) in [7, 11) is 0. The molecular formula is C18H17N3O4. The zero-order valence-electron chi connectivity index (χ0n) is 13.5. The Morgan fingerprint density at radius 1 is 1.44 bits per heavy atom. The van der Waals surface area contributed by atoms with Crippen molar-refractivity contribution in [2.24, 2.45) is 11.3 Å². The smallest absolute Gasteiger partial charge is 0.314 e. The lowest BCUT2D eigenvalue weighted by Crippen LogP contribution is -2.42. The summed E-state index contributed by atoms with van der Waals surface area (Å²) in [5.41, 5.74) is -0.621. The van der Waals surface area contributed by atoms with Gasteiger partial charge in [0.2, 0.25) is 5.91 Å². The molecule has 2 atom stereocenters. The molecule has 0 spiro atoms. The van der Waals surface area contributed by atoms with E-state index in [1.807, 2.05) is 6.07 Å². The molecule has 2 aliphatic heterocycles. The van der Waals surface area contributed by atoms with Crippen molar-refractivity contribution >= 4 is 17.8 Å². The van der Waals surface area contributed by atoms with Gasteiger partial charge in [-0.3, -0.25) is 14.4 Å². The molecule has 128 valence electrons. The first kappa shape index (κ1) is 16.7. The number of carboxylic acid groups (broad SMARTS) is 1. The van der Waals surface area contributed by atoms with Gasteiger partial charge in [-0.05, 0) is 18.2 Å². The van der Waals surface area contributed by atoms with Crippen molar-refractivity contribution in [2.75, 3.05) is 26.2 Å². The summed E-state index contributed by atoms with van der Waals surface area (Å²) >= 11 is 0. The molecule has 2 fully saturated rings. The van der Waals surface area contributed by atoms with Crippen LogP contribution < -0.4 is 0 Å². The number of carbonyl (C=O) groups is 3. The van der Waals surface area contributed by atoms with Gasteiger partial charge in [0.1, 0.15) is 5.41 Å². The molecule has 0 saturated carbocycles. The average molecular weight is 339 g/mol. The predicted molar refractivity (Wildman–Crippen MR) is 87.4 cm³/mol. The Morgan fingerprint density at radius 2 is 2.20 bits per heavy atom. The molecule has 0 bridgehead atoms. The molecule has 0 unspecified atom stereocenters. The van der Waals surface area contributed by atoms with Crippen molar-refractivity contribution in [1.82, 2.24) is 9.80 Å². The van der Waals surface area contributed by atoms with Crippen molar-refractivity contribution in [2.45, 2.75) is 0 Å². The van der Waals surface area contributed by atoms with Gasteiger partial charge < -0.3 is 14.9 Å². The summed E-state index contributed by atoms with van der Waals surface area (Å²) in [5, 5.41) is 18.7. The molecule has 2 saturated heterocycles. The molecule has 2 amide bonds. The average Bonchev–Trinajstić information content (AvgIpc) is 3.11. The number of amides is 2. The number of fused-ring (bicyclic) bond motifs is 1. The number of carbonyl (C=O) groups excluding carboxylic acids is 2. The number of benzene rings is 1. The summed E-state index contributed by atoms with van der Waals surface area (Å²) in [5.74, 6) is -2.45. The fraction of sp³-hybridized carbons (Fsp3) is 0.333. The van der Waals surface area contributed by atoms with Crippen LogP contribution in [0.1, 0.15) is 15.9 Å². The van der Waals surface area contributed by atoms with Crippen LogP contribution in [0.2, 0.25) is 0 Å². The second kappa shape index (κ2) is 6.06. The monoisotopic (exact) mass is 339 g/mol. The molecule has 0 radical (unpaired) electrons. The van der Waals surface area contributed by atoms with Crippen molar-refractivity contribution < 1.29 is 19.5 Å². The predicted octanol–water partition coefficient (Wildman–Crippen LogP) is 0.729. The highest BCUT2D eigenvalue weighted by atomic mass is 16.4. The Balaban J connectivity index is 1.88. The number of hydrogen-bond donors (Lipinski definition) is 1. The van der Waals surface area contributed by atoms with Crippen molar-refractivity contribution in [3.8, 4) is 6.07 Å². The van der Waals surface area contributed by atoms with Crippen LogP contribution in [-0.4, -0.2) is 58.9 Å². The zero-order chi connectivity index (χ0) is 18.2. The fourth-order valence-corrected chi connectivity index (χ4v) is 3.68. The molecule has 7 nitrogen and oxygen atoms in total. The number of nitriles is 1. The summed E-state index contributed by atoms with van der Waals surface area (Å²) in [6, 6.07) is 8.21. The van der Waals surface area contributed by atoms with Crippen molar-refractivity contribution in [3.05, 3.63) is 48.0 Å². The number of nitrogens with zero attached hydrogens (tertiary/aromatic N) is 3. The van der Waals surface area contributed by atoms with E-state index in [4.69, 9.17) is 5.26 Å². The van der Waals surface area contributed by atoms with Crippen LogP contribution >= 0.6 is 0 Å². The van der Waals surface area contributed by atoms with Gasteiger partial charge in [-0.15, -0.1) is 6.58 Å². The van der Waals surface area contributed by atoms with E-state index in [2.05, 4.69) is 6.58 Å². The topological polar surface area (TPSA) is 102 Å². The third-order valence-corrected chi connectivity index (χ3v) is 4.93. The maximum absolute atomic E-state index is 12.7. The summed E-state index contributed by atoms with van der Waals surface area (Å²) in [4.78, 5) is 40.0. The van der Waals surface area contributed by atoms with Gasteiger partial charge in [-0.25, -0.2) is 0 Å². The Kier molecular flexibility index (Phi) is 4.05. The van der Waals surface area contributed by atoms with E-state index in [9.17, 15) is 19.5 Å².